The normalized spacial score (nSPS) is 16.4. The summed E-state index contributed by atoms with van der Waals surface area (Å²) < 4.78 is 12.2. The maximum absolute atomic E-state index is 12.2. The second kappa shape index (κ2) is 3.68. The Labute approximate surface area is 101 Å². The van der Waals surface area contributed by atoms with E-state index >= 15 is 0 Å². The number of benzene rings is 1. The van der Waals surface area contributed by atoms with Crippen LogP contribution in [-0.4, -0.2) is 18.3 Å². The fourth-order valence-electron chi connectivity index (χ4n) is 2.23. The molecular weight excluding hydrogens is 229 g/mol. The molecule has 0 saturated heterocycles. The molecule has 0 spiro atoms. The highest BCUT2D eigenvalue weighted by Crippen LogP contribution is 2.41. The van der Waals surface area contributed by atoms with Gasteiger partial charge in [-0.1, -0.05) is 18.2 Å². The first-order valence-corrected chi connectivity index (χ1v) is 8.61. The van der Waals surface area contributed by atoms with Crippen LogP contribution in [0.3, 0.4) is 0 Å². The molecule has 1 aromatic carbocycles. The van der Waals surface area contributed by atoms with E-state index < -0.39 is 7.14 Å². The predicted molar refractivity (Wildman–Crippen MR) is 72.8 cm³/mol. The summed E-state index contributed by atoms with van der Waals surface area (Å²) in [7, 11) is -2.23. The Hall–Kier alpha value is -1.14. The molecule has 1 heterocycles. The maximum Gasteiger partial charge on any atom is 0.110 e. The molecule has 2 nitrogen and oxygen atoms in total. The Morgan fingerprint density at radius 1 is 1.18 bits per heavy atom. The maximum atomic E-state index is 12.2. The monoisotopic (exact) mass is 245 g/mol. The first kappa shape index (κ1) is 11.0. The average Bonchev–Trinajstić information content (AvgIpc) is 3.10. The van der Waals surface area contributed by atoms with Crippen molar-refractivity contribution in [3.05, 3.63) is 36.0 Å². The molecule has 88 valence electrons. The molecule has 2 aromatic rings. The third-order valence-electron chi connectivity index (χ3n) is 3.31. The van der Waals surface area contributed by atoms with Gasteiger partial charge in [-0.05, 0) is 38.3 Å². The minimum Gasteiger partial charge on any atom is -0.319 e. The Morgan fingerprint density at radius 2 is 1.94 bits per heavy atom. The molecule has 17 heavy (non-hydrogen) atoms. The fraction of sp³-hybridized carbons (Fsp3) is 0.357. The van der Waals surface area contributed by atoms with E-state index in [2.05, 4.69) is 12.1 Å². The van der Waals surface area contributed by atoms with Crippen LogP contribution in [0.5, 0.6) is 0 Å². The van der Waals surface area contributed by atoms with E-state index in [0.717, 1.165) is 16.2 Å². The third kappa shape index (κ3) is 2.02. The lowest BCUT2D eigenvalue weighted by Gasteiger charge is -2.11. The summed E-state index contributed by atoms with van der Waals surface area (Å²) in [6.07, 6.45) is 2.52. The van der Waals surface area contributed by atoms with Gasteiger partial charge in [-0.3, -0.25) is 4.98 Å². The minimum atomic E-state index is -2.23. The molecule has 0 bridgehead atoms. The Balaban J connectivity index is 2.23. The van der Waals surface area contributed by atoms with E-state index in [-0.39, 0.29) is 0 Å². The minimum absolute atomic E-state index is 0.665. The summed E-state index contributed by atoms with van der Waals surface area (Å²) >= 11 is 0. The fourth-order valence-corrected chi connectivity index (χ4v) is 3.44. The van der Waals surface area contributed by atoms with Gasteiger partial charge in [0.1, 0.15) is 7.14 Å². The van der Waals surface area contributed by atoms with Crippen molar-refractivity contribution in [2.24, 2.45) is 0 Å². The number of hydrogen-bond donors (Lipinski definition) is 0. The van der Waals surface area contributed by atoms with Gasteiger partial charge in [-0.25, -0.2) is 0 Å². The van der Waals surface area contributed by atoms with Gasteiger partial charge in [0.05, 0.1) is 5.52 Å². The van der Waals surface area contributed by atoms with Gasteiger partial charge >= 0.3 is 0 Å². The Morgan fingerprint density at radius 3 is 2.59 bits per heavy atom. The number of rotatable bonds is 2. The van der Waals surface area contributed by atoms with Crippen LogP contribution in [0, 0.1) is 0 Å². The molecule has 0 atom stereocenters. The highest BCUT2D eigenvalue weighted by atomic mass is 31.2. The smallest absolute Gasteiger partial charge is 0.110 e. The summed E-state index contributed by atoms with van der Waals surface area (Å²) in [5.41, 5.74) is 2.17. The van der Waals surface area contributed by atoms with E-state index in [1.165, 1.54) is 18.5 Å². The van der Waals surface area contributed by atoms with E-state index in [4.69, 9.17) is 4.98 Å². The standard InChI is InChI=1S/C14H16NOP/c1-17(2,16)14-5-3-4-13-11(14)8-9-12(15-13)10-6-7-10/h3-5,8-10H,6-7H2,1-2H3. The van der Waals surface area contributed by atoms with E-state index in [1.807, 2.05) is 31.5 Å². The van der Waals surface area contributed by atoms with Crippen LogP contribution < -0.4 is 5.30 Å². The zero-order valence-corrected chi connectivity index (χ0v) is 11.1. The van der Waals surface area contributed by atoms with Crippen molar-refractivity contribution in [3.63, 3.8) is 0 Å². The first-order valence-electron chi connectivity index (χ1n) is 6.01. The van der Waals surface area contributed by atoms with Crippen LogP contribution in [0.1, 0.15) is 24.5 Å². The Kier molecular flexibility index (Phi) is 2.38. The van der Waals surface area contributed by atoms with Crippen molar-refractivity contribution in [3.8, 4) is 0 Å². The third-order valence-corrected chi connectivity index (χ3v) is 4.86. The van der Waals surface area contributed by atoms with Crippen molar-refractivity contribution in [2.45, 2.75) is 18.8 Å². The predicted octanol–water partition coefficient (Wildman–Crippen LogP) is 3.36. The van der Waals surface area contributed by atoms with E-state index in [9.17, 15) is 4.57 Å². The van der Waals surface area contributed by atoms with Gasteiger partial charge in [-0.15, -0.1) is 0 Å². The molecule has 0 radical (unpaired) electrons. The van der Waals surface area contributed by atoms with Gasteiger partial charge in [0.15, 0.2) is 0 Å². The first-order chi connectivity index (χ1) is 8.05. The number of pyridine rings is 1. The SMILES string of the molecule is CP(C)(=O)c1cccc2nc(C3CC3)ccc12. The molecule has 1 aromatic heterocycles. The van der Waals surface area contributed by atoms with Gasteiger partial charge in [0.2, 0.25) is 0 Å². The molecule has 1 saturated carbocycles. The average molecular weight is 245 g/mol. The highest BCUT2D eigenvalue weighted by molar-refractivity contribution is 7.70. The van der Waals surface area contributed by atoms with Crippen LogP contribution in [-0.2, 0) is 4.57 Å². The number of nitrogens with zero attached hydrogens (tertiary/aromatic N) is 1. The highest BCUT2D eigenvalue weighted by Gasteiger charge is 2.25. The Bertz CT molecular complexity index is 625. The molecule has 1 aliphatic rings. The summed E-state index contributed by atoms with van der Waals surface area (Å²) in [5.74, 6) is 0.665. The zero-order valence-electron chi connectivity index (χ0n) is 10.2. The van der Waals surface area contributed by atoms with Gasteiger partial charge in [0.25, 0.3) is 0 Å². The van der Waals surface area contributed by atoms with Crippen LogP contribution in [0.15, 0.2) is 30.3 Å². The van der Waals surface area contributed by atoms with Gasteiger partial charge in [0, 0.05) is 22.3 Å². The second-order valence-corrected chi connectivity index (χ2v) is 8.39. The van der Waals surface area contributed by atoms with Crippen LogP contribution in [0.2, 0.25) is 0 Å². The lowest BCUT2D eigenvalue weighted by molar-refractivity contribution is 0.588. The second-order valence-electron chi connectivity index (χ2n) is 5.21. The number of aromatic nitrogens is 1. The van der Waals surface area contributed by atoms with Crippen LogP contribution in [0.25, 0.3) is 10.9 Å². The molecule has 1 aliphatic carbocycles. The molecule has 3 heteroatoms. The summed E-state index contributed by atoms with van der Waals surface area (Å²) in [5, 5.41) is 2.00. The van der Waals surface area contributed by atoms with Crippen molar-refractivity contribution in [2.75, 3.05) is 13.3 Å². The molecule has 0 aliphatic heterocycles. The molecular formula is C14H16NOP. The molecule has 1 fully saturated rings. The van der Waals surface area contributed by atoms with Gasteiger partial charge < -0.3 is 4.57 Å². The molecule has 0 unspecified atom stereocenters. The van der Waals surface area contributed by atoms with Crippen LogP contribution >= 0.6 is 7.14 Å². The van der Waals surface area contributed by atoms with Crippen LogP contribution in [0.4, 0.5) is 0 Å². The van der Waals surface area contributed by atoms with Crippen molar-refractivity contribution in [1.29, 1.82) is 0 Å². The van der Waals surface area contributed by atoms with E-state index in [1.54, 1.807) is 0 Å². The van der Waals surface area contributed by atoms with Gasteiger partial charge in [-0.2, -0.15) is 0 Å². The van der Waals surface area contributed by atoms with Crippen molar-refractivity contribution in [1.82, 2.24) is 4.98 Å². The summed E-state index contributed by atoms with van der Waals surface area (Å²) in [4.78, 5) is 4.69. The largest absolute Gasteiger partial charge is 0.319 e. The quantitative estimate of drug-likeness (QED) is 0.759. The number of fused-ring (bicyclic) bond motifs is 1. The lowest BCUT2D eigenvalue weighted by Crippen LogP contribution is -2.05. The van der Waals surface area contributed by atoms with E-state index in [0.29, 0.717) is 5.92 Å². The van der Waals surface area contributed by atoms with Crippen molar-refractivity contribution < 1.29 is 4.57 Å². The zero-order chi connectivity index (χ0) is 12.0. The molecule has 0 amide bonds. The van der Waals surface area contributed by atoms with Crippen molar-refractivity contribution >= 4 is 23.3 Å². The summed E-state index contributed by atoms with van der Waals surface area (Å²) in [6, 6.07) is 10.1. The lowest BCUT2D eigenvalue weighted by atomic mass is 10.1. The number of hydrogen-bond acceptors (Lipinski definition) is 2. The molecule has 0 N–H and O–H groups in total. The topological polar surface area (TPSA) is 30.0 Å². The summed E-state index contributed by atoms with van der Waals surface area (Å²) in [6.45, 7) is 3.63. The molecule has 3 rings (SSSR count).